The molecule has 1 aromatic carbocycles. The molecule has 0 saturated carbocycles. The average Bonchev–Trinajstić information content (AvgIpc) is 2.58. The third-order valence-electron chi connectivity index (χ3n) is 3.32. The van der Waals surface area contributed by atoms with E-state index < -0.39 is 20.8 Å². The molecule has 7 nitrogen and oxygen atoms in total. The fourth-order valence-corrected chi connectivity index (χ4v) is 2.50. The van der Waals surface area contributed by atoms with Crippen molar-refractivity contribution in [3.8, 4) is 0 Å². The maximum atomic E-state index is 12.4. The highest BCUT2D eigenvalue weighted by atomic mass is 35.6. The Bertz CT molecular complexity index is 753. The van der Waals surface area contributed by atoms with Gasteiger partial charge in [0.15, 0.2) is 12.4 Å². The Morgan fingerprint density at radius 1 is 1.32 bits per heavy atom. The van der Waals surface area contributed by atoms with Gasteiger partial charge in [-0.05, 0) is 12.1 Å². The van der Waals surface area contributed by atoms with E-state index in [4.69, 9.17) is 34.8 Å². The molecule has 0 radical (unpaired) electrons. The third-order valence-corrected chi connectivity index (χ3v) is 4.02. The Hall–Kier alpha value is -1.93. The van der Waals surface area contributed by atoms with Gasteiger partial charge >= 0.3 is 0 Å². The summed E-state index contributed by atoms with van der Waals surface area (Å²) in [5.41, 5.74) is 0.850. The van der Waals surface area contributed by atoms with E-state index in [0.29, 0.717) is 6.54 Å². The number of alkyl halides is 3. The normalized spacial score (nSPS) is 12.4. The molecule has 1 aromatic heterocycles. The number of nitrogens with one attached hydrogen (secondary N) is 2. The number of rotatable bonds is 6. The highest BCUT2D eigenvalue weighted by Crippen LogP contribution is 2.27. The lowest BCUT2D eigenvalue weighted by Crippen LogP contribution is -2.95. The summed E-state index contributed by atoms with van der Waals surface area (Å²) in [6.07, 6.45) is 2.67. The molecule has 4 N–H and O–H groups in total. The van der Waals surface area contributed by atoms with Crippen molar-refractivity contribution in [2.45, 2.75) is 16.5 Å². The van der Waals surface area contributed by atoms with Crippen molar-refractivity contribution in [1.82, 2.24) is 5.32 Å². The largest absolute Gasteiger partial charge is 0.319 e. The number of H-pyrrole nitrogens is 1. The average molecular weight is 406 g/mol. The van der Waals surface area contributed by atoms with Crippen LogP contribution in [0.3, 0.4) is 0 Å². The van der Waals surface area contributed by atoms with Gasteiger partial charge in [-0.3, -0.25) is 20.2 Å². The maximum Gasteiger partial charge on any atom is 0.270 e. The molecule has 10 heteroatoms. The van der Waals surface area contributed by atoms with E-state index in [1.165, 1.54) is 18.2 Å². The molecule has 25 heavy (non-hydrogen) atoms. The molecular formula is C15H15Cl3N4O3+2. The minimum atomic E-state index is -1.77. The lowest BCUT2D eigenvalue weighted by Gasteiger charge is -2.23. The molecule has 2 aromatic rings. The Kier molecular flexibility index (Phi) is 6.55. The van der Waals surface area contributed by atoms with Gasteiger partial charge in [0, 0.05) is 23.8 Å². The predicted molar refractivity (Wildman–Crippen MR) is 93.3 cm³/mol. The van der Waals surface area contributed by atoms with Crippen molar-refractivity contribution < 1.29 is 20.0 Å². The Labute approximate surface area is 158 Å². The molecule has 0 fully saturated rings. The molecular weight excluding hydrogens is 391 g/mol. The van der Waals surface area contributed by atoms with Crippen LogP contribution in [0, 0.1) is 10.1 Å². The summed E-state index contributed by atoms with van der Waals surface area (Å²) in [6.45, 7) is 0.450. The number of amides is 1. The molecule has 132 valence electrons. The molecule has 0 saturated heterocycles. The number of hydrogen-bond acceptors (Lipinski definition) is 3. The number of aromatic amines is 1. The zero-order valence-corrected chi connectivity index (χ0v) is 15.1. The molecule has 0 bridgehead atoms. The van der Waals surface area contributed by atoms with Crippen LogP contribution in [0.4, 0.5) is 5.69 Å². The van der Waals surface area contributed by atoms with Gasteiger partial charge in [0.2, 0.25) is 6.17 Å². The number of carbonyl (C=O) groups is 1. The van der Waals surface area contributed by atoms with Gasteiger partial charge in [0.05, 0.1) is 10.5 Å². The lowest BCUT2D eigenvalue weighted by molar-refractivity contribution is -0.707. The van der Waals surface area contributed by atoms with E-state index in [0.717, 1.165) is 11.6 Å². The van der Waals surface area contributed by atoms with Gasteiger partial charge in [0.25, 0.3) is 15.4 Å². The number of benzene rings is 1. The van der Waals surface area contributed by atoms with Crippen LogP contribution < -0.4 is 15.6 Å². The number of nitro benzene ring substituents is 1. The van der Waals surface area contributed by atoms with Crippen LogP contribution in [0.25, 0.3) is 0 Å². The summed E-state index contributed by atoms with van der Waals surface area (Å²) in [4.78, 5) is 25.5. The molecule has 0 aliphatic rings. The molecule has 1 unspecified atom stereocenters. The van der Waals surface area contributed by atoms with Gasteiger partial charge in [-0.15, -0.1) is 0 Å². The number of carbonyl (C=O) groups excluding carboxylic acids is 1. The number of nitrogens with zero attached hydrogens (tertiary/aromatic N) is 1. The zero-order chi connectivity index (χ0) is 18.4. The number of non-ortho nitro benzene ring substituents is 1. The van der Waals surface area contributed by atoms with E-state index in [-0.39, 0.29) is 11.3 Å². The van der Waals surface area contributed by atoms with Crippen LogP contribution in [-0.4, -0.2) is 20.8 Å². The van der Waals surface area contributed by atoms with Crippen LogP contribution in [0.1, 0.15) is 15.9 Å². The second-order valence-corrected chi connectivity index (χ2v) is 7.52. The fraction of sp³-hybridized carbons (Fsp3) is 0.200. The molecule has 0 spiro atoms. The first-order chi connectivity index (χ1) is 11.8. The first-order valence-corrected chi connectivity index (χ1v) is 8.31. The van der Waals surface area contributed by atoms with E-state index in [1.807, 2.05) is 12.1 Å². The van der Waals surface area contributed by atoms with Crippen LogP contribution in [-0.2, 0) is 6.54 Å². The lowest BCUT2D eigenvalue weighted by atomic mass is 10.2. The molecule has 1 atom stereocenters. The second kappa shape index (κ2) is 8.44. The number of halogens is 3. The number of pyridine rings is 1. The summed E-state index contributed by atoms with van der Waals surface area (Å²) in [7, 11) is 0. The van der Waals surface area contributed by atoms with Gasteiger partial charge < -0.3 is 5.32 Å². The van der Waals surface area contributed by atoms with Crippen LogP contribution in [0.5, 0.6) is 0 Å². The van der Waals surface area contributed by atoms with Crippen molar-refractivity contribution in [3.05, 3.63) is 70.0 Å². The van der Waals surface area contributed by atoms with Crippen molar-refractivity contribution >= 4 is 46.4 Å². The second-order valence-electron chi connectivity index (χ2n) is 5.15. The summed E-state index contributed by atoms with van der Waals surface area (Å²) in [6, 6.07) is 9.03. The van der Waals surface area contributed by atoms with E-state index >= 15 is 0 Å². The number of hydrogen-bond donors (Lipinski definition) is 2. The van der Waals surface area contributed by atoms with E-state index in [9.17, 15) is 14.9 Å². The van der Waals surface area contributed by atoms with E-state index in [1.54, 1.807) is 17.7 Å². The smallest absolute Gasteiger partial charge is 0.270 e. The maximum absolute atomic E-state index is 12.4. The number of nitro groups is 1. The Balaban J connectivity index is 2.10. The minimum Gasteiger partial charge on any atom is -0.319 e. The van der Waals surface area contributed by atoms with E-state index in [2.05, 4.69) is 10.3 Å². The fourth-order valence-electron chi connectivity index (χ4n) is 2.07. The Morgan fingerprint density at radius 2 is 2.08 bits per heavy atom. The first-order valence-electron chi connectivity index (χ1n) is 7.18. The minimum absolute atomic E-state index is 0.106. The summed E-state index contributed by atoms with van der Waals surface area (Å²) >= 11 is 17.8. The molecule has 0 aliphatic carbocycles. The van der Waals surface area contributed by atoms with Crippen molar-refractivity contribution in [1.29, 1.82) is 0 Å². The SMILES string of the molecule is O=C(NC([NH2+]Cc1ccc[nH+]c1)C(Cl)(Cl)Cl)c1cccc([N+](=O)[O-])c1. The van der Waals surface area contributed by atoms with Gasteiger partial charge in [-0.1, -0.05) is 40.9 Å². The summed E-state index contributed by atoms with van der Waals surface area (Å²) in [5, 5.41) is 15.1. The first kappa shape index (κ1) is 19.4. The summed E-state index contributed by atoms with van der Waals surface area (Å²) < 4.78 is -1.77. The zero-order valence-electron chi connectivity index (χ0n) is 12.8. The quantitative estimate of drug-likeness (QED) is 0.330. The Morgan fingerprint density at radius 3 is 2.68 bits per heavy atom. The highest BCUT2D eigenvalue weighted by Gasteiger charge is 2.37. The summed E-state index contributed by atoms with van der Waals surface area (Å²) in [5.74, 6) is -0.573. The number of quaternary nitrogens is 1. The molecule has 0 aliphatic heterocycles. The van der Waals surface area contributed by atoms with Crippen molar-refractivity contribution in [3.63, 3.8) is 0 Å². The van der Waals surface area contributed by atoms with Crippen molar-refractivity contribution in [2.24, 2.45) is 0 Å². The topological polar surface area (TPSA) is 103 Å². The standard InChI is InChI=1S/C15H13Cl3N4O3/c16-15(17,18)14(20-9-10-3-2-6-19-8-10)21-13(23)11-4-1-5-12(7-11)22(24)25/h1-8,14,20H,9H2,(H,21,23)/p+2. The van der Waals surface area contributed by atoms with Crippen molar-refractivity contribution in [2.75, 3.05) is 0 Å². The molecule has 1 heterocycles. The number of nitrogens with two attached hydrogens (primary N) is 1. The van der Waals surface area contributed by atoms with Crippen LogP contribution in [0.15, 0.2) is 48.8 Å². The highest BCUT2D eigenvalue weighted by molar-refractivity contribution is 6.68. The predicted octanol–water partition coefficient (Wildman–Crippen LogP) is 1.60. The van der Waals surface area contributed by atoms with Crippen LogP contribution in [0.2, 0.25) is 0 Å². The third kappa shape index (κ3) is 5.82. The van der Waals surface area contributed by atoms with Gasteiger partial charge in [0.1, 0.15) is 6.54 Å². The van der Waals surface area contributed by atoms with Crippen LogP contribution >= 0.6 is 34.8 Å². The van der Waals surface area contributed by atoms with Gasteiger partial charge in [-0.2, -0.15) is 0 Å². The van der Waals surface area contributed by atoms with Gasteiger partial charge in [-0.25, -0.2) is 4.98 Å². The number of aromatic nitrogens is 1. The monoisotopic (exact) mass is 404 g/mol. The molecule has 1 amide bonds. The molecule has 2 rings (SSSR count).